The van der Waals surface area contributed by atoms with Crippen molar-refractivity contribution in [2.24, 2.45) is 5.41 Å². The van der Waals surface area contributed by atoms with Crippen LogP contribution in [0.3, 0.4) is 0 Å². The number of likely N-dealkylation sites (tertiary alicyclic amines) is 1. The summed E-state index contributed by atoms with van der Waals surface area (Å²) < 4.78 is 0. The highest BCUT2D eigenvalue weighted by molar-refractivity contribution is 6.31. The van der Waals surface area contributed by atoms with E-state index in [1.165, 1.54) is 0 Å². The molecule has 1 fully saturated rings. The van der Waals surface area contributed by atoms with Gasteiger partial charge < -0.3 is 10.2 Å². The van der Waals surface area contributed by atoms with Crippen LogP contribution in [0.15, 0.2) is 54.6 Å². The predicted molar refractivity (Wildman–Crippen MR) is 107 cm³/mol. The molecule has 0 radical (unpaired) electrons. The van der Waals surface area contributed by atoms with Gasteiger partial charge in [-0.3, -0.25) is 9.59 Å². The number of nitrogens with one attached hydrogen (secondary N) is 1. The maximum Gasteiger partial charge on any atom is 0.227 e. The first-order valence-electron chi connectivity index (χ1n) is 9.31. The molecule has 0 saturated carbocycles. The molecule has 0 bridgehead atoms. The standard InChI is InChI=1S/C22H25ClN2O2/c1-22(21(27)24-15-17-8-3-2-4-9-17)12-7-13-25(16-22)20(26)14-18-10-5-6-11-19(18)23/h2-6,8-11H,7,12-16H2,1H3,(H,24,27)/t22-/m0/s1. The SMILES string of the molecule is C[C@]1(C(=O)NCc2ccccc2)CCCN(C(=O)Cc2ccccc2Cl)C1. The summed E-state index contributed by atoms with van der Waals surface area (Å²) in [4.78, 5) is 27.3. The summed E-state index contributed by atoms with van der Waals surface area (Å²) in [6, 6.07) is 17.2. The van der Waals surface area contributed by atoms with Crippen molar-refractivity contribution in [3.63, 3.8) is 0 Å². The van der Waals surface area contributed by atoms with Gasteiger partial charge in [-0.25, -0.2) is 0 Å². The third-order valence-corrected chi connectivity index (χ3v) is 5.56. The topological polar surface area (TPSA) is 49.4 Å². The molecular weight excluding hydrogens is 360 g/mol. The van der Waals surface area contributed by atoms with E-state index in [4.69, 9.17) is 11.6 Å². The average Bonchev–Trinajstić information content (AvgIpc) is 2.68. The zero-order valence-electron chi connectivity index (χ0n) is 15.6. The number of carbonyl (C=O) groups excluding carboxylic acids is 2. The van der Waals surface area contributed by atoms with Gasteiger partial charge in [-0.2, -0.15) is 0 Å². The first-order chi connectivity index (χ1) is 13.0. The summed E-state index contributed by atoms with van der Waals surface area (Å²) in [6.45, 7) is 3.58. The number of hydrogen-bond acceptors (Lipinski definition) is 2. The molecule has 2 aromatic rings. The highest BCUT2D eigenvalue weighted by Crippen LogP contribution is 2.30. The molecule has 5 heteroatoms. The van der Waals surface area contributed by atoms with Crippen LogP contribution in [0.4, 0.5) is 0 Å². The number of carbonyl (C=O) groups is 2. The monoisotopic (exact) mass is 384 g/mol. The van der Waals surface area contributed by atoms with Crippen LogP contribution >= 0.6 is 11.6 Å². The smallest absolute Gasteiger partial charge is 0.227 e. The number of halogens is 1. The van der Waals surface area contributed by atoms with Crippen molar-refractivity contribution >= 4 is 23.4 Å². The fraction of sp³-hybridized carbons (Fsp3) is 0.364. The molecule has 1 N–H and O–H groups in total. The number of nitrogens with zero attached hydrogens (tertiary/aromatic N) is 1. The highest BCUT2D eigenvalue weighted by atomic mass is 35.5. The fourth-order valence-corrected chi connectivity index (χ4v) is 3.75. The van der Waals surface area contributed by atoms with Gasteiger partial charge in [-0.15, -0.1) is 0 Å². The molecule has 2 amide bonds. The summed E-state index contributed by atoms with van der Waals surface area (Å²) in [5.74, 6) is 0.0199. The van der Waals surface area contributed by atoms with Crippen molar-refractivity contribution in [1.29, 1.82) is 0 Å². The van der Waals surface area contributed by atoms with Gasteiger partial charge in [0.1, 0.15) is 0 Å². The van der Waals surface area contributed by atoms with Gasteiger partial charge in [0.25, 0.3) is 0 Å². The van der Waals surface area contributed by atoms with Gasteiger partial charge in [0.2, 0.25) is 11.8 Å². The molecule has 0 aromatic heterocycles. The lowest BCUT2D eigenvalue weighted by Gasteiger charge is -2.39. The van der Waals surface area contributed by atoms with E-state index in [2.05, 4.69) is 5.32 Å². The lowest BCUT2D eigenvalue weighted by molar-refractivity contribution is -0.140. The molecule has 3 rings (SSSR count). The zero-order valence-corrected chi connectivity index (χ0v) is 16.3. The third-order valence-electron chi connectivity index (χ3n) is 5.19. The summed E-state index contributed by atoms with van der Waals surface area (Å²) in [7, 11) is 0. The summed E-state index contributed by atoms with van der Waals surface area (Å²) in [5, 5.41) is 3.63. The van der Waals surface area contributed by atoms with Crippen LogP contribution in [-0.4, -0.2) is 29.8 Å². The minimum absolute atomic E-state index is 0.00148. The Morgan fingerprint density at radius 3 is 2.56 bits per heavy atom. The summed E-state index contributed by atoms with van der Waals surface area (Å²) >= 11 is 6.18. The highest BCUT2D eigenvalue weighted by Gasteiger charge is 2.39. The lowest BCUT2D eigenvalue weighted by atomic mass is 9.80. The van der Waals surface area contributed by atoms with Crippen LogP contribution in [0, 0.1) is 5.41 Å². The van der Waals surface area contributed by atoms with Crippen LogP contribution in [0.1, 0.15) is 30.9 Å². The van der Waals surface area contributed by atoms with Crippen molar-refractivity contribution in [3.8, 4) is 0 Å². The number of benzene rings is 2. The molecule has 1 aliphatic heterocycles. The quantitative estimate of drug-likeness (QED) is 0.851. The van der Waals surface area contributed by atoms with E-state index in [0.29, 0.717) is 24.7 Å². The molecule has 1 aliphatic rings. The Kier molecular flexibility index (Phi) is 6.17. The molecule has 4 nitrogen and oxygen atoms in total. The molecule has 1 heterocycles. The molecule has 2 aromatic carbocycles. The van der Waals surface area contributed by atoms with Crippen LogP contribution in [0.2, 0.25) is 5.02 Å². The van der Waals surface area contributed by atoms with E-state index in [1.807, 2.05) is 55.5 Å². The van der Waals surface area contributed by atoms with Crippen molar-refractivity contribution < 1.29 is 9.59 Å². The van der Waals surface area contributed by atoms with Gasteiger partial charge in [0, 0.05) is 24.7 Å². The third kappa shape index (κ3) is 4.89. The maximum atomic E-state index is 12.8. The molecule has 1 atom stereocenters. The summed E-state index contributed by atoms with van der Waals surface area (Å²) in [5.41, 5.74) is 1.32. The number of rotatable bonds is 5. The largest absolute Gasteiger partial charge is 0.351 e. The van der Waals surface area contributed by atoms with Gasteiger partial charge in [-0.05, 0) is 37.0 Å². The molecule has 1 saturated heterocycles. The van der Waals surface area contributed by atoms with E-state index in [-0.39, 0.29) is 18.2 Å². The first-order valence-corrected chi connectivity index (χ1v) is 9.69. The maximum absolute atomic E-state index is 12.8. The summed E-state index contributed by atoms with van der Waals surface area (Å²) in [6.07, 6.45) is 1.87. The minimum Gasteiger partial charge on any atom is -0.351 e. The lowest BCUT2D eigenvalue weighted by Crippen LogP contribution is -2.52. The fourth-order valence-electron chi connectivity index (χ4n) is 3.55. The Morgan fingerprint density at radius 1 is 1.11 bits per heavy atom. The Labute approximate surface area is 165 Å². The zero-order chi connectivity index (χ0) is 19.3. The number of piperidine rings is 1. The molecule has 142 valence electrons. The number of hydrogen-bond donors (Lipinski definition) is 1. The van der Waals surface area contributed by atoms with Crippen LogP contribution < -0.4 is 5.32 Å². The Bertz CT molecular complexity index is 809. The van der Waals surface area contributed by atoms with E-state index < -0.39 is 5.41 Å². The molecular formula is C22H25ClN2O2. The van der Waals surface area contributed by atoms with Crippen molar-refractivity contribution in [1.82, 2.24) is 10.2 Å². The van der Waals surface area contributed by atoms with Gasteiger partial charge in [0.15, 0.2) is 0 Å². The van der Waals surface area contributed by atoms with Crippen LogP contribution in [0.5, 0.6) is 0 Å². The van der Waals surface area contributed by atoms with Crippen molar-refractivity contribution in [3.05, 3.63) is 70.7 Å². The van der Waals surface area contributed by atoms with E-state index in [1.54, 1.807) is 11.0 Å². The molecule has 0 aliphatic carbocycles. The Morgan fingerprint density at radius 2 is 1.81 bits per heavy atom. The average molecular weight is 385 g/mol. The molecule has 0 unspecified atom stereocenters. The van der Waals surface area contributed by atoms with E-state index >= 15 is 0 Å². The predicted octanol–water partition coefficient (Wildman–Crippen LogP) is 3.83. The second kappa shape index (κ2) is 8.57. The molecule has 0 spiro atoms. The normalized spacial score (nSPS) is 19.6. The van der Waals surface area contributed by atoms with Crippen molar-refractivity contribution in [2.75, 3.05) is 13.1 Å². The van der Waals surface area contributed by atoms with Gasteiger partial charge >= 0.3 is 0 Å². The minimum atomic E-state index is -0.566. The number of amides is 2. The van der Waals surface area contributed by atoms with E-state index in [0.717, 1.165) is 24.0 Å². The second-order valence-corrected chi connectivity index (χ2v) is 7.82. The van der Waals surface area contributed by atoms with Gasteiger partial charge in [0.05, 0.1) is 11.8 Å². The van der Waals surface area contributed by atoms with Crippen LogP contribution in [0.25, 0.3) is 0 Å². The van der Waals surface area contributed by atoms with Crippen LogP contribution in [-0.2, 0) is 22.6 Å². The van der Waals surface area contributed by atoms with E-state index in [9.17, 15) is 9.59 Å². The van der Waals surface area contributed by atoms with Crippen molar-refractivity contribution in [2.45, 2.75) is 32.7 Å². The Hall–Kier alpha value is -2.33. The van der Waals surface area contributed by atoms with Gasteiger partial charge in [-0.1, -0.05) is 60.1 Å². The first kappa shape index (κ1) is 19.4. The second-order valence-electron chi connectivity index (χ2n) is 7.42. The molecule has 27 heavy (non-hydrogen) atoms. The Balaban J connectivity index is 1.60.